The molecule has 1 aliphatic heterocycles. The first kappa shape index (κ1) is 21.0. The number of piperazine rings is 1. The maximum atomic E-state index is 13.6. The van der Waals surface area contributed by atoms with Crippen molar-refractivity contribution in [1.82, 2.24) is 9.62 Å². The normalized spacial score (nSPS) is 15.8. The number of rotatable bonds is 7. The van der Waals surface area contributed by atoms with Crippen LogP contribution in [0.5, 0.6) is 0 Å². The molecule has 1 heterocycles. The molecule has 0 aliphatic carbocycles. The van der Waals surface area contributed by atoms with Gasteiger partial charge in [-0.05, 0) is 42.5 Å². The lowest BCUT2D eigenvalue weighted by Crippen LogP contribution is -2.48. The van der Waals surface area contributed by atoms with Crippen molar-refractivity contribution in [2.45, 2.75) is 5.75 Å². The Bertz CT molecular complexity index is 902. The van der Waals surface area contributed by atoms with E-state index in [4.69, 9.17) is 11.6 Å². The minimum atomic E-state index is -3.74. The van der Waals surface area contributed by atoms with Crippen LogP contribution < -0.4 is 9.62 Å². The molecule has 0 unspecified atom stereocenters. The lowest BCUT2D eigenvalue weighted by atomic mass is 10.2. The van der Waals surface area contributed by atoms with E-state index >= 15 is 0 Å². The summed E-state index contributed by atoms with van der Waals surface area (Å²) in [7, 11) is -3.74. The summed E-state index contributed by atoms with van der Waals surface area (Å²) >= 11 is 5.91. The van der Waals surface area contributed by atoms with Gasteiger partial charge >= 0.3 is 0 Å². The summed E-state index contributed by atoms with van der Waals surface area (Å²) < 4.78 is 53.6. The monoisotopic (exact) mass is 429 g/mol. The van der Waals surface area contributed by atoms with Crippen molar-refractivity contribution in [2.75, 3.05) is 44.2 Å². The van der Waals surface area contributed by atoms with E-state index in [0.717, 1.165) is 50.1 Å². The van der Waals surface area contributed by atoms with Crippen molar-refractivity contribution >= 4 is 27.3 Å². The zero-order valence-corrected chi connectivity index (χ0v) is 16.8. The molecule has 1 aliphatic rings. The molecule has 0 amide bonds. The van der Waals surface area contributed by atoms with E-state index in [1.807, 2.05) is 24.3 Å². The van der Waals surface area contributed by atoms with Crippen molar-refractivity contribution < 1.29 is 17.2 Å². The van der Waals surface area contributed by atoms with Crippen LogP contribution in [0.15, 0.2) is 42.5 Å². The van der Waals surface area contributed by atoms with Crippen molar-refractivity contribution in [2.24, 2.45) is 0 Å². The molecule has 1 fully saturated rings. The minimum Gasteiger partial charge on any atom is -0.369 e. The number of benzene rings is 2. The van der Waals surface area contributed by atoms with Crippen LogP contribution in [0.2, 0.25) is 5.02 Å². The predicted octanol–water partition coefficient (Wildman–Crippen LogP) is 2.86. The van der Waals surface area contributed by atoms with E-state index in [-0.39, 0.29) is 12.1 Å². The van der Waals surface area contributed by atoms with E-state index in [0.29, 0.717) is 11.6 Å². The number of nitrogens with one attached hydrogen (secondary N) is 1. The van der Waals surface area contributed by atoms with Crippen LogP contribution in [0.1, 0.15) is 5.56 Å². The van der Waals surface area contributed by atoms with Gasteiger partial charge in [0.15, 0.2) is 0 Å². The van der Waals surface area contributed by atoms with Crippen molar-refractivity contribution in [3.63, 3.8) is 0 Å². The number of hydrogen-bond donors (Lipinski definition) is 1. The van der Waals surface area contributed by atoms with Gasteiger partial charge in [-0.2, -0.15) is 0 Å². The fourth-order valence-electron chi connectivity index (χ4n) is 3.15. The topological polar surface area (TPSA) is 52.7 Å². The third-order valence-electron chi connectivity index (χ3n) is 4.67. The fourth-order valence-corrected chi connectivity index (χ4v) is 4.41. The van der Waals surface area contributed by atoms with E-state index in [2.05, 4.69) is 14.5 Å². The second-order valence-electron chi connectivity index (χ2n) is 6.69. The Morgan fingerprint density at radius 3 is 2.36 bits per heavy atom. The third kappa shape index (κ3) is 5.88. The average molecular weight is 430 g/mol. The highest BCUT2D eigenvalue weighted by Gasteiger charge is 2.19. The number of sulfonamides is 1. The number of anilines is 1. The van der Waals surface area contributed by atoms with E-state index in [1.54, 1.807) is 0 Å². The van der Waals surface area contributed by atoms with Crippen LogP contribution in [-0.4, -0.2) is 52.6 Å². The maximum Gasteiger partial charge on any atom is 0.215 e. The Balaban J connectivity index is 1.44. The first-order chi connectivity index (χ1) is 13.3. The van der Waals surface area contributed by atoms with E-state index in [1.165, 1.54) is 0 Å². The van der Waals surface area contributed by atoms with Gasteiger partial charge in [0.1, 0.15) is 11.6 Å². The molecule has 1 N–H and O–H groups in total. The van der Waals surface area contributed by atoms with Crippen molar-refractivity contribution in [3.05, 3.63) is 64.7 Å². The first-order valence-electron chi connectivity index (χ1n) is 8.96. The fraction of sp³-hybridized carbons (Fsp3) is 0.368. The standard InChI is InChI=1S/C19H22ClF2N3O2S/c20-16-1-4-18(5-2-16)25-11-9-24(10-12-25)8-7-23-28(26,27)14-15-13-17(21)3-6-19(15)22/h1-6,13,23H,7-12,14H2. The highest BCUT2D eigenvalue weighted by Crippen LogP contribution is 2.19. The van der Waals surface area contributed by atoms with Gasteiger partial charge in [-0.1, -0.05) is 11.6 Å². The van der Waals surface area contributed by atoms with Crippen LogP contribution in [0.4, 0.5) is 14.5 Å². The molecule has 0 bridgehead atoms. The zero-order chi connectivity index (χ0) is 20.1. The maximum absolute atomic E-state index is 13.6. The SMILES string of the molecule is O=S(=O)(Cc1cc(F)ccc1F)NCCN1CCN(c2ccc(Cl)cc2)CC1. The molecule has 0 atom stereocenters. The van der Waals surface area contributed by atoms with Crippen LogP contribution in [-0.2, 0) is 15.8 Å². The Hall–Kier alpha value is -1.74. The molecule has 0 spiro atoms. The minimum absolute atomic E-state index is 0.177. The summed E-state index contributed by atoms with van der Waals surface area (Å²) in [5.41, 5.74) is 0.936. The second-order valence-corrected chi connectivity index (χ2v) is 8.94. The highest BCUT2D eigenvalue weighted by molar-refractivity contribution is 7.88. The number of halogens is 3. The van der Waals surface area contributed by atoms with Gasteiger partial charge in [0.05, 0.1) is 5.75 Å². The van der Waals surface area contributed by atoms with Gasteiger partial charge in [0.25, 0.3) is 0 Å². The summed E-state index contributed by atoms with van der Waals surface area (Å²) in [4.78, 5) is 4.42. The molecule has 1 saturated heterocycles. The Kier molecular flexibility index (Phi) is 6.87. The van der Waals surface area contributed by atoms with Crippen LogP contribution >= 0.6 is 11.6 Å². The predicted molar refractivity (Wildman–Crippen MR) is 107 cm³/mol. The summed E-state index contributed by atoms with van der Waals surface area (Å²) in [5, 5.41) is 0.702. The lowest BCUT2D eigenvalue weighted by molar-refractivity contribution is 0.262. The second kappa shape index (κ2) is 9.17. The first-order valence-corrected chi connectivity index (χ1v) is 11.0. The van der Waals surface area contributed by atoms with Gasteiger partial charge in [-0.25, -0.2) is 21.9 Å². The number of nitrogens with zero attached hydrogens (tertiary/aromatic N) is 2. The average Bonchev–Trinajstić information content (AvgIpc) is 2.66. The van der Waals surface area contributed by atoms with Crippen molar-refractivity contribution in [1.29, 1.82) is 0 Å². The summed E-state index contributed by atoms with van der Waals surface area (Å²) in [6.45, 7) is 4.07. The van der Waals surface area contributed by atoms with Gasteiger partial charge in [0.2, 0.25) is 10.0 Å². The van der Waals surface area contributed by atoms with Gasteiger partial charge in [0, 0.05) is 55.5 Å². The molecule has 3 rings (SSSR count). The Labute approximate surface area is 169 Å². The molecule has 0 aromatic heterocycles. The van der Waals surface area contributed by atoms with Crippen LogP contribution in [0, 0.1) is 11.6 Å². The van der Waals surface area contributed by atoms with E-state index in [9.17, 15) is 17.2 Å². The van der Waals surface area contributed by atoms with Gasteiger partial charge in [-0.3, -0.25) is 4.90 Å². The Morgan fingerprint density at radius 1 is 1.00 bits per heavy atom. The molecule has 0 saturated carbocycles. The van der Waals surface area contributed by atoms with Gasteiger partial charge in [-0.15, -0.1) is 0 Å². The molecular formula is C19H22ClF2N3O2S. The lowest BCUT2D eigenvalue weighted by Gasteiger charge is -2.36. The molecule has 9 heteroatoms. The van der Waals surface area contributed by atoms with Crippen LogP contribution in [0.25, 0.3) is 0 Å². The Morgan fingerprint density at radius 2 is 1.68 bits per heavy atom. The molecule has 28 heavy (non-hydrogen) atoms. The van der Waals surface area contributed by atoms with E-state index < -0.39 is 27.4 Å². The molecule has 2 aromatic carbocycles. The molecule has 0 radical (unpaired) electrons. The quantitative estimate of drug-likeness (QED) is 0.735. The van der Waals surface area contributed by atoms with Crippen molar-refractivity contribution in [3.8, 4) is 0 Å². The molecule has 5 nitrogen and oxygen atoms in total. The summed E-state index contributed by atoms with van der Waals surface area (Å²) in [6.07, 6.45) is 0. The zero-order valence-electron chi connectivity index (χ0n) is 15.2. The third-order valence-corrected chi connectivity index (χ3v) is 6.25. The smallest absolute Gasteiger partial charge is 0.215 e. The summed E-state index contributed by atoms with van der Waals surface area (Å²) in [5.74, 6) is -1.98. The summed E-state index contributed by atoms with van der Waals surface area (Å²) in [6, 6.07) is 10.5. The highest BCUT2D eigenvalue weighted by atomic mass is 35.5. The molecule has 152 valence electrons. The number of hydrogen-bond acceptors (Lipinski definition) is 4. The van der Waals surface area contributed by atoms with Crippen LogP contribution in [0.3, 0.4) is 0 Å². The van der Waals surface area contributed by atoms with Gasteiger partial charge < -0.3 is 4.90 Å². The molecule has 2 aromatic rings. The molecular weight excluding hydrogens is 408 g/mol. The largest absolute Gasteiger partial charge is 0.369 e.